The molecule has 0 atom stereocenters. The minimum atomic E-state index is 0.882. The summed E-state index contributed by atoms with van der Waals surface area (Å²) in [6.45, 7) is 0. The second-order valence-corrected chi connectivity index (χ2v) is 4.36. The average molecular weight is 274 g/mol. The number of pyridine rings is 2. The highest BCUT2D eigenvalue weighted by molar-refractivity contribution is 9.10. The molecule has 0 unspecified atom stereocenters. The molecule has 16 heavy (non-hydrogen) atoms. The molecule has 0 aromatic carbocycles. The van der Waals surface area contributed by atoms with Crippen molar-refractivity contribution in [3.63, 3.8) is 0 Å². The van der Waals surface area contributed by atoms with Gasteiger partial charge in [0.2, 0.25) is 0 Å². The summed E-state index contributed by atoms with van der Waals surface area (Å²) in [6, 6.07) is 9.90. The van der Waals surface area contributed by atoms with Crippen molar-refractivity contribution < 1.29 is 0 Å². The molecule has 3 aromatic rings. The molecule has 0 bridgehead atoms. The van der Waals surface area contributed by atoms with E-state index in [0.29, 0.717) is 0 Å². The van der Waals surface area contributed by atoms with Crippen LogP contribution in [0.15, 0.2) is 53.4 Å². The summed E-state index contributed by atoms with van der Waals surface area (Å²) in [5, 5.41) is 1.10. The fourth-order valence-corrected chi connectivity index (χ4v) is 2.03. The molecular formula is C12H8BrN3. The van der Waals surface area contributed by atoms with E-state index in [1.54, 1.807) is 12.4 Å². The third-order valence-electron chi connectivity index (χ3n) is 2.39. The van der Waals surface area contributed by atoms with Gasteiger partial charge in [-0.15, -0.1) is 0 Å². The van der Waals surface area contributed by atoms with Crippen molar-refractivity contribution in [3.8, 4) is 5.82 Å². The second kappa shape index (κ2) is 3.72. The van der Waals surface area contributed by atoms with Gasteiger partial charge in [-0.3, -0.25) is 4.57 Å². The molecule has 0 radical (unpaired) electrons. The lowest BCUT2D eigenvalue weighted by molar-refractivity contribution is 1.02. The molecule has 0 saturated carbocycles. The van der Waals surface area contributed by atoms with E-state index >= 15 is 0 Å². The second-order valence-electron chi connectivity index (χ2n) is 3.44. The van der Waals surface area contributed by atoms with Crippen LogP contribution in [-0.4, -0.2) is 14.5 Å². The number of halogens is 1. The standard InChI is InChI=1S/C12H8BrN3/c13-10-7-9-4-6-16(12(9)15-8-10)11-3-1-2-5-14-11/h1-8H. The highest BCUT2D eigenvalue weighted by Crippen LogP contribution is 2.20. The van der Waals surface area contributed by atoms with Crippen LogP contribution in [0.4, 0.5) is 0 Å². The van der Waals surface area contributed by atoms with E-state index in [2.05, 4.69) is 25.9 Å². The zero-order chi connectivity index (χ0) is 11.0. The number of rotatable bonds is 1. The summed E-state index contributed by atoms with van der Waals surface area (Å²) < 4.78 is 2.96. The van der Waals surface area contributed by atoms with Gasteiger partial charge in [0.1, 0.15) is 11.5 Å². The smallest absolute Gasteiger partial charge is 0.145 e. The molecule has 0 fully saturated rings. The Hall–Kier alpha value is -1.68. The van der Waals surface area contributed by atoms with Crippen LogP contribution < -0.4 is 0 Å². The normalized spacial score (nSPS) is 10.8. The molecule has 0 amide bonds. The van der Waals surface area contributed by atoms with Gasteiger partial charge in [0.15, 0.2) is 0 Å². The zero-order valence-corrected chi connectivity index (χ0v) is 9.92. The number of nitrogens with zero attached hydrogens (tertiary/aromatic N) is 3. The third kappa shape index (κ3) is 1.51. The monoisotopic (exact) mass is 273 g/mol. The van der Waals surface area contributed by atoms with Crippen molar-refractivity contribution in [2.75, 3.05) is 0 Å². The maximum atomic E-state index is 4.39. The van der Waals surface area contributed by atoms with Crippen LogP contribution in [0.3, 0.4) is 0 Å². The first-order valence-electron chi connectivity index (χ1n) is 4.88. The Labute approximate surface area is 101 Å². The van der Waals surface area contributed by atoms with E-state index < -0.39 is 0 Å². The maximum Gasteiger partial charge on any atom is 0.145 e. The highest BCUT2D eigenvalue weighted by atomic mass is 79.9. The fraction of sp³-hybridized carbons (Fsp3) is 0. The minimum Gasteiger partial charge on any atom is -0.285 e. The van der Waals surface area contributed by atoms with E-state index in [4.69, 9.17) is 0 Å². The van der Waals surface area contributed by atoms with Gasteiger partial charge >= 0.3 is 0 Å². The van der Waals surface area contributed by atoms with Crippen LogP contribution in [0.2, 0.25) is 0 Å². The topological polar surface area (TPSA) is 30.7 Å². The first kappa shape index (κ1) is 9.54. The SMILES string of the molecule is Brc1cnc2c(ccn2-c2ccccn2)c1. The fourth-order valence-electron chi connectivity index (χ4n) is 1.68. The molecule has 0 aliphatic carbocycles. The minimum absolute atomic E-state index is 0.882. The van der Waals surface area contributed by atoms with Gasteiger partial charge in [-0.2, -0.15) is 0 Å². The summed E-state index contributed by atoms with van der Waals surface area (Å²) in [7, 11) is 0. The Balaban J connectivity index is 2.26. The lowest BCUT2D eigenvalue weighted by Crippen LogP contribution is -1.95. The summed E-state index contributed by atoms with van der Waals surface area (Å²) >= 11 is 3.41. The summed E-state index contributed by atoms with van der Waals surface area (Å²) in [6.07, 6.45) is 5.55. The Kier molecular flexibility index (Phi) is 2.22. The molecule has 3 heterocycles. The molecular weight excluding hydrogens is 266 g/mol. The molecule has 0 aliphatic rings. The first-order chi connectivity index (χ1) is 7.84. The van der Waals surface area contributed by atoms with Gasteiger partial charge in [-0.1, -0.05) is 6.07 Å². The van der Waals surface area contributed by atoms with Crippen molar-refractivity contribution in [2.45, 2.75) is 0 Å². The van der Waals surface area contributed by atoms with Crippen molar-refractivity contribution in [1.82, 2.24) is 14.5 Å². The number of aromatic nitrogens is 3. The Morgan fingerprint density at radius 3 is 2.88 bits per heavy atom. The lowest BCUT2D eigenvalue weighted by Gasteiger charge is -2.02. The van der Waals surface area contributed by atoms with Crippen LogP contribution >= 0.6 is 15.9 Å². The van der Waals surface area contributed by atoms with E-state index in [1.165, 1.54) is 0 Å². The maximum absolute atomic E-state index is 4.39. The summed E-state index contributed by atoms with van der Waals surface area (Å²) in [5.74, 6) is 0.882. The van der Waals surface area contributed by atoms with E-state index in [-0.39, 0.29) is 0 Å². The lowest BCUT2D eigenvalue weighted by atomic mass is 10.3. The van der Waals surface area contributed by atoms with E-state index in [1.807, 2.05) is 41.1 Å². The zero-order valence-electron chi connectivity index (χ0n) is 8.34. The number of hydrogen-bond donors (Lipinski definition) is 0. The molecule has 3 rings (SSSR count). The molecule has 0 aliphatic heterocycles. The van der Waals surface area contributed by atoms with E-state index in [9.17, 15) is 0 Å². The Morgan fingerprint density at radius 1 is 1.12 bits per heavy atom. The molecule has 3 aromatic heterocycles. The molecule has 0 N–H and O–H groups in total. The third-order valence-corrected chi connectivity index (χ3v) is 2.82. The molecule has 0 spiro atoms. The van der Waals surface area contributed by atoms with Crippen molar-refractivity contribution in [1.29, 1.82) is 0 Å². The van der Waals surface area contributed by atoms with E-state index in [0.717, 1.165) is 21.3 Å². The van der Waals surface area contributed by atoms with Gasteiger partial charge in [0.05, 0.1) is 0 Å². The quantitative estimate of drug-likeness (QED) is 0.682. The largest absolute Gasteiger partial charge is 0.285 e. The highest BCUT2D eigenvalue weighted by Gasteiger charge is 2.04. The van der Waals surface area contributed by atoms with Crippen LogP contribution in [-0.2, 0) is 0 Å². The predicted molar refractivity (Wildman–Crippen MR) is 66.6 cm³/mol. The van der Waals surface area contributed by atoms with Crippen LogP contribution in [0.25, 0.3) is 16.9 Å². The van der Waals surface area contributed by atoms with Gasteiger partial charge < -0.3 is 0 Å². The number of fused-ring (bicyclic) bond motifs is 1. The van der Waals surface area contributed by atoms with Crippen LogP contribution in [0, 0.1) is 0 Å². The molecule has 3 nitrogen and oxygen atoms in total. The van der Waals surface area contributed by atoms with Gasteiger partial charge in [-0.05, 0) is 40.2 Å². The van der Waals surface area contributed by atoms with Gasteiger partial charge in [0, 0.05) is 28.4 Å². The van der Waals surface area contributed by atoms with Gasteiger partial charge in [0.25, 0.3) is 0 Å². The summed E-state index contributed by atoms with van der Waals surface area (Å²) in [5.41, 5.74) is 0.918. The van der Waals surface area contributed by atoms with Crippen molar-refractivity contribution in [2.24, 2.45) is 0 Å². The predicted octanol–water partition coefficient (Wildman–Crippen LogP) is 3.18. The number of hydrogen-bond acceptors (Lipinski definition) is 2. The Bertz CT molecular complexity index is 631. The van der Waals surface area contributed by atoms with Gasteiger partial charge in [-0.25, -0.2) is 9.97 Å². The molecule has 0 saturated heterocycles. The Morgan fingerprint density at radius 2 is 2.06 bits per heavy atom. The van der Waals surface area contributed by atoms with Crippen molar-refractivity contribution in [3.05, 3.63) is 53.4 Å². The molecule has 78 valence electrons. The van der Waals surface area contributed by atoms with Crippen molar-refractivity contribution >= 4 is 27.0 Å². The first-order valence-corrected chi connectivity index (χ1v) is 5.68. The summed E-state index contributed by atoms with van der Waals surface area (Å²) in [4.78, 5) is 8.70. The average Bonchev–Trinajstić information content (AvgIpc) is 2.73. The van der Waals surface area contributed by atoms with Crippen LogP contribution in [0.1, 0.15) is 0 Å². The molecule has 4 heteroatoms. The van der Waals surface area contributed by atoms with Crippen LogP contribution in [0.5, 0.6) is 0 Å².